The summed E-state index contributed by atoms with van der Waals surface area (Å²) in [7, 11) is -3.00. The van der Waals surface area contributed by atoms with Crippen molar-refractivity contribution in [2.24, 2.45) is 0 Å². The molecule has 18 heavy (non-hydrogen) atoms. The van der Waals surface area contributed by atoms with Crippen LogP contribution in [-0.4, -0.2) is 40.7 Å². The Labute approximate surface area is 107 Å². The lowest BCUT2D eigenvalue weighted by Gasteiger charge is -2.22. The third kappa shape index (κ3) is 2.43. The largest absolute Gasteiger partial charge is 0.368 e. The minimum atomic E-state index is -3.00. The zero-order chi connectivity index (χ0) is 13.6. The molecule has 102 valence electrons. The van der Waals surface area contributed by atoms with E-state index >= 15 is 0 Å². The van der Waals surface area contributed by atoms with Crippen LogP contribution in [0.3, 0.4) is 0 Å². The summed E-state index contributed by atoms with van der Waals surface area (Å²) in [4.78, 5) is 4.11. The van der Waals surface area contributed by atoms with Crippen molar-refractivity contribution in [2.75, 3.05) is 22.6 Å². The molecular formula is C10H19N5O2S. The van der Waals surface area contributed by atoms with E-state index < -0.39 is 15.4 Å². The highest BCUT2D eigenvalue weighted by Crippen LogP contribution is 2.32. The van der Waals surface area contributed by atoms with Crippen molar-refractivity contribution in [3.8, 4) is 0 Å². The van der Waals surface area contributed by atoms with Crippen molar-refractivity contribution >= 4 is 21.7 Å². The second-order valence-corrected chi connectivity index (χ2v) is 7.53. The number of sulfone groups is 1. The van der Waals surface area contributed by atoms with Crippen LogP contribution in [0.5, 0.6) is 0 Å². The van der Waals surface area contributed by atoms with Crippen molar-refractivity contribution in [1.29, 1.82) is 0 Å². The van der Waals surface area contributed by atoms with E-state index in [2.05, 4.69) is 15.4 Å². The molecule has 7 nitrogen and oxygen atoms in total. The van der Waals surface area contributed by atoms with Gasteiger partial charge >= 0.3 is 0 Å². The zero-order valence-corrected chi connectivity index (χ0v) is 11.7. The maximum Gasteiger partial charge on any atom is 0.244 e. The van der Waals surface area contributed by atoms with Gasteiger partial charge in [0, 0.05) is 6.04 Å². The summed E-state index contributed by atoms with van der Waals surface area (Å²) in [6.45, 7) is 5.79. The number of hydrogen-bond donors (Lipinski definition) is 2. The average Bonchev–Trinajstić information content (AvgIpc) is 2.68. The zero-order valence-electron chi connectivity index (χ0n) is 10.8. The number of nitrogens with zero attached hydrogens (tertiary/aromatic N) is 3. The first-order chi connectivity index (χ1) is 8.22. The van der Waals surface area contributed by atoms with Crippen molar-refractivity contribution in [3.05, 3.63) is 0 Å². The third-order valence-corrected chi connectivity index (χ3v) is 4.93. The van der Waals surface area contributed by atoms with Gasteiger partial charge in [-0.1, -0.05) is 0 Å². The van der Waals surface area contributed by atoms with Gasteiger partial charge in [-0.05, 0) is 27.2 Å². The summed E-state index contributed by atoms with van der Waals surface area (Å²) in [5.41, 5.74) is 5.23. The summed E-state index contributed by atoms with van der Waals surface area (Å²) < 4.78 is 24.7. The Morgan fingerprint density at radius 1 is 1.50 bits per heavy atom. The molecule has 0 aliphatic carbocycles. The fraction of sp³-hybridized carbons (Fsp3) is 0.800. The minimum absolute atomic E-state index is 0.0642. The van der Waals surface area contributed by atoms with Crippen LogP contribution in [0.15, 0.2) is 0 Å². The van der Waals surface area contributed by atoms with Crippen molar-refractivity contribution < 1.29 is 8.42 Å². The van der Waals surface area contributed by atoms with E-state index in [4.69, 9.17) is 5.73 Å². The van der Waals surface area contributed by atoms with E-state index in [0.717, 1.165) is 0 Å². The Bertz CT molecular complexity index is 551. The highest BCUT2D eigenvalue weighted by molar-refractivity contribution is 7.91. The summed E-state index contributed by atoms with van der Waals surface area (Å²) in [5.74, 6) is 0.926. The SMILES string of the molecule is CC(C)Nc1nc(N)n(C2(C)CCS(=O)(=O)C2)n1. The number of anilines is 2. The number of nitrogens with one attached hydrogen (secondary N) is 1. The second kappa shape index (κ2) is 4.11. The quantitative estimate of drug-likeness (QED) is 0.816. The lowest BCUT2D eigenvalue weighted by Crippen LogP contribution is -2.33. The van der Waals surface area contributed by atoms with Gasteiger partial charge in [-0.25, -0.2) is 13.1 Å². The molecule has 1 unspecified atom stereocenters. The minimum Gasteiger partial charge on any atom is -0.368 e. The lowest BCUT2D eigenvalue weighted by molar-refractivity contribution is 0.334. The first-order valence-corrected chi connectivity index (χ1v) is 7.74. The second-order valence-electron chi connectivity index (χ2n) is 5.34. The van der Waals surface area contributed by atoms with Crippen LogP contribution < -0.4 is 11.1 Å². The van der Waals surface area contributed by atoms with Gasteiger partial charge in [0.05, 0.1) is 17.0 Å². The summed E-state index contributed by atoms with van der Waals surface area (Å²) in [6.07, 6.45) is 0.518. The van der Waals surface area contributed by atoms with Crippen LogP contribution in [0.1, 0.15) is 27.2 Å². The fourth-order valence-electron chi connectivity index (χ4n) is 2.20. The fourth-order valence-corrected chi connectivity index (χ4v) is 4.31. The molecule has 8 heteroatoms. The summed E-state index contributed by atoms with van der Waals surface area (Å²) >= 11 is 0. The standard InChI is InChI=1S/C10H19N5O2S/c1-7(2)12-9-13-8(11)15(14-9)10(3)4-5-18(16,17)6-10/h7H,4-6H2,1-3H3,(H3,11,12,13,14). The molecule has 0 bridgehead atoms. The van der Waals surface area contributed by atoms with Crippen LogP contribution in [0.4, 0.5) is 11.9 Å². The van der Waals surface area contributed by atoms with Gasteiger partial charge in [0.2, 0.25) is 11.9 Å². The van der Waals surface area contributed by atoms with E-state index in [9.17, 15) is 8.42 Å². The van der Waals surface area contributed by atoms with Crippen molar-refractivity contribution in [2.45, 2.75) is 38.8 Å². The molecule has 1 aromatic rings. The molecule has 0 aromatic carbocycles. The molecule has 0 spiro atoms. The first kappa shape index (κ1) is 13.1. The molecule has 0 amide bonds. The summed E-state index contributed by atoms with van der Waals surface area (Å²) in [6, 6.07) is 0.195. The van der Waals surface area contributed by atoms with Crippen LogP contribution in [0, 0.1) is 0 Å². The summed E-state index contributed by atoms with van der Waals surface area (Å²) in [5, 5.41) is 7.33. The highest BCUT2D eigenvalue weighted by atomic mass is 32.2. The van der Waals surface area contributed by atoms with Gasteiger partial charge in [0.25, 0.3) is 0 Å². The molecule has 1 fully saturated rings. The predicted octanol–water partition coefficient (Wildman–Crippen LogP) is 0.214. The lowest BCUT2D eigenvalue weighted by atomic mass is 10.0. The van der Waals surface area contributed by atoms with E-state index in [0.29, 0.717) is 12.4 Å². The maximum atomic E-state index is 11.6. The van der Waals surface area contributed by atoms with E-state index in [1.165, 1.54) is 4.68 Å². The molecule has 1 saturated heterocycles. The molecule has 1 aromatic heterocycles. The number of nitrogen functional groups attached to an aromatic ring is 1. The number of aromatic nitrogens is 3. The van der Waals surface area contributed by atoms with Crippen molar-refractivity contribution in [3.63, 3.8) is 0 Å². The Morgan fingerprint density at radius 2 is 2.17 bits per heavy atom. The van der Waals surface area contributed by atoms with Crippen LogP contribution >= 0.6 is 0 Å². The third-order valence-electron chi connectivity index (χ3n) is 3.04. The molecule has 0 saturated carbocycles. The topological polar surface area (TPSA) is 103 Å². The Kier molecular flexibility index (Phi) is 3.00. The Morgan fingerprint density at radius 3 is 2.67 bits per heavy atom. The number of nitrogens with two attached hydrogens (primary N) is 1. The van der Waals surface area contributed by atoms with E-state index in [1.54, 1.807) is 0 Å². The van der Waals surface area contributed by atoms with Gasteiger partial charge in [-0.3, -0.25) is 0 Å². The average molecular weight is 273 g/mol. The van der Waals surface area contributed by atoms with Crippen LogP contribution in [0.25, 0.3) is 0 Å². The maximum absolute atomic E-state index is 11.6. The Hall–Kier alpha value is -1.31. The first-order valence-electron chi connectivity index (χ1n) is 5.92. The van der Waals surface area contributed by atoms with Gasteiger partial charge in [0.1, 0.15) is 0 Å². The van der Waals surface area contributed by atoms with Gasteiger partial charge in [-0.2, -0.15) is 4.98 Å². The monoisotopic (exact) mass is 273 g/mol. The molecule has 2 rings (SSSR count). The smallest absolute Gasteiger partial charge is 0.244 e. The normalized spacial score (nSPS) is 26.7. The van der Waals surface area contributed by atoms with Gasteiger partial charge in [-0.15, -0.1) is 5.10 Å². The van der Waals surface area contributed by atoms with Gasteiger partial charge < -0.3 is 11.1 Å². The van der Waals surface area contributed by atoms with Crippen LogP contribution in [0.2, 0.25) is 0 Å². The molecule has 2 heterocycles. The van der Waals surface area contributed by atoms with Crippen LogP contribution in [-0.2, 0) is 15.4 Å². The Balaban J connectivity index is 2.31. The number of rotatable bonds is 3. The van der Waals surface area contributed by atoms with E-state index in [1.807, 2.05) is 20.8 Å². The predicted molar refractivity (Wildman–Crippen MR) is 70.1 cm³/mol. The molecule has 0 radical (unpaired) electrons. The molecule has 1 atom stereocenters. The van der Waals surface area contributed by atoms with Crippen molar-refractivity contribution in [1.82, 2.24) is 14.8 Å². The van der Waals surface area contributed by atoms with Gasteiger partial charge in [0.15, 0.2) is 9.84 Å². The highest BCUT2D eigenvalue weighted by Gasteiger charge is 2.42. The molecule has 1 aliphatic heterocycles. The number of hydrogen-bond acceptors (Lipinski definition) is 6. The molecule has 3 N–H and O–H groups in total. The molecular weight excluding hydrogens is 254 g/mol. The van der Waals surface area contributed by atoms with E-state index in [-0.39, 0.29) is 23.5 Å². The molecule has 1 aliphatic rings.